The minimum Gasteiger partial charge on any atom is -0.491 e. The van der Waals surface area contributed by atoms with E-state index in [0.29, 0.717) is 24.5 Å². The highest BCUT2D eigenvalue weighted by Gasteiger charge is 2.22. The van der Waals surface area contributed by atoms with Crippen LogP contribution in [0.3, 0.4) is 0 Å². The van der Waals surface area contributed by atoms with Crippen molar-refractivity contribution in [1.29, 1.82) is 0 Å². The van der Waals surface area contributed by atoms with E-state index >= 15 is 0 Å². The molecule has 0 fully saturated rings. The van der Waals surface area contributed by atoms with E-state index in [4.69, 9.17) is 32.7 Å². The van der Waals surface area contributed by atoms with Crippen LogP contribution >= 0.6 is 23.2 Å². The predicted molar refractivity (Wildman–Crippen MR) is 124 cm³/mol. The highest BCUT2D eigenvalue weighted by Crippen LogP contribution is 2.24. The number of hydrogen-bond donors (Lipinski definition) is 2. The zero-order chi connectivity index (χ0) is 23.5. The monoisotopic (exact) mass is 477 g/mol. The second-order valence-electron chi connectivity index (χ2n) is 6.93. The van der Waals surface area contributed by atoms with Crippen LogP contribution in [0.4, 0.5) is 0 Å². The first-order valence-corrected chi connectivity index (χ1v) is 10.9. The Balaban J connectivity index is 1.91. The minimum absolute atomic E-state index is 0.0279. The van der Waals surface area contributed by atoms with E-state index in [2.05, 4.69) is 24.1 Å². The van der Waals surface area contributed by atoms with Gasteiger partial charge in [0.15, 0.2) is 0 Å². The number of ether oxygens (including phenoxy) is 2. The summed E-state index contributed by atoms with van der Waals surface area (Å²) in [6, 6.07) is 10.5. The van der Waals surface area contributed by atoms with Gasteiger partial charge in [0.25, 0.3) is 5.91 Å². The molecule has 2 rings (SSSR count). The highest BCUT2D eigenvalue weighted by atomic mass is 35.5. The normalized spacial score (nSPS) is 12.2. The number of benzene rings is 2. The van der Waals surface area contributed by atoms with Crippen LogP contribution in [-0.2, 0) is 9.53 Å². The molecule has 0 saturated carbocycles. The van der Waals surface area contributed by atoms with Crippen LogP contribution in [0.15, 0.2) is 42.5 Å². The van der Waals surface area contributed by atoms with Crippen LogP contribution in [-0.4, -0.2) is 42.3 Å². The van der Waals surface area contributed by atoms with E-state index in [9.17, 15) is 14.7 Å². The first-order valence-electron chi connectivity index (χ1n) is 10.1. The third kappa shape index (κ3) is 8.08. The molecule has 6 nitrogen and oxygen atoms in total. The molecule has 8 heteroatoms. The van der Waals surface area contributed by atoms with Crippen molar-refractivity contribution in [3.05, 3.63) is 63.6 Å². The molecule has 2 aromatic rings. The molecule has 170 valence electrons. The van der Waals surface area contributed by atoms with Crippen LogP contribution < -0.4 is 10.1 Å². The van der Waals surface area contributed by atoms with Gasteiger partial charge in [-0.2, -0.15) is 0 Å². The topological polar surface area (TPSA) is 84.9 Å². The molecule has 2 unspecified atom stereocenters. The molecule has 32 heavy (non-hydrogen) atoms. The van der Waals surface area contributed by atoms with Gasteiger partial charge < -0.3 is 19.9 Å². The Morgan fingerprint density at radius 1 is 1.09 bits per heavy atom. The molecule has 0 aliphatic heterocycles. The second kappa shape index (κ2) is 13.0. The summed E-state index contributed by atoms with van der Waals surface area (Å²) in [4.78, 5) is 24.0. The lowest BCUT2D eigenvalue weighted by Gasteiger charge is -2.13. The number of rotatable bonds is 10. The van der Waals surface area contributed by atoms with Crippen molar-refractivity contribution in [3.8, 4) is 17.6 Å². The lowest BCUT2D eigenvalue weighted by atomic mass is 10.1. The zero-order valence-corrected chi connectivity index (χ0v) is 19.4. The summed E-state index contributed by atoms with van der Waals surface area (Å²) in [5, 5.41) is 12.1. The lowest BCUT2D eigenvalue weighted by molar-refractivity contribution is -0.139. The van der Waals surface area contributed by atoms with Gasteiger partial charge in [-0.15, -0.1) is 0 Å². The zero-order valence-electron chi connectivity index (χ0n) is 17.9. The maximum absolute atomic E-state index is 12.4. The average molecular weight is 478 g/mol. The van der Waals surface area contributed by atoms with Gasteiger partial charge in [-0.05, 0) is 49.7 Å². The first-order chi connectivity index (χ1) is 15.3. The van der Waals surface area contributed by atoms with Gasteiger partial charge in [-0.3, -0.25) is 4.79 Å². The lowest BCUT2D eigenvalue weighted by Crippen LogP contribution is -2.40. The number of carbonyl (C=O) groups excluding carboxylic acids is 1. The van der Waals surface area contributed by atoms with Crippen LogP contribution in [0.1, 0.15) is 42.6 Å². The second-order valence-corrected chi connectivity index (χ2v) is 7.74. The van der Waals surface area contributed by atoms with E-state index in [1.807, 2.05) is 6.92 Å². The standard InChI is InChI=1S/C24H25Cl2NO5/c1-3-16(2)31-14-15-32-18-12-10-17(11-13-18)6-4-9-21(24(29)30)27-23(28)22-19(25)7-5-8-20(22)26/h5,7-8,10-13,16,21H,3,9,14-15H2,1-2H3,(H,27,28)(H,29,30). The van der Waals surface area contributed by atoms with Crippen molar-refractivity contribution in [3.63, 3.8) is 0 Å². The highest BCUT2D eigenvalue weighted by molar-refractivity contribution is 6.39. The number of halogens is 2. The number of carboxylic acid groups (broad SMARTS) is 1. The van der Waals surface area contributed by atoms with Gasteiger partial charge in [0.1, 0.15) is 18.4 Å². The van der Waals surface area contributed by atoms with Gasteiger partial charge in [0.05, 0.1) is 28.3 Å². The summed E-state index contributed by atoms with van der Waals surface area (Å²) < 4.78 is 11.2. The van der Waals surface area contributed by atoms with Crippen molar-refractivity contribution >= 4 is 35.1 Å². The third-order valence-electron chi connectivity index (χ3n) is 4.52. The number of aliphatic carboxylic acids is 1. The van der Waals surface area contributed by atoms with Crippen molar-refractivity contribution in [2.45, 2.75) is 38.8 Å². The molecule has 0 heterocycles. The van der Waals surface area contributed by atoms with Gasteiger partial charge in [0, 0.05) is 12.0 Å². The van der Waals surface area contributed by atoms with Crippen molar-refractivity contribution in [2.75, 3.05) is 13.2 Å². The van der Waals surface area contributed by atoms with Crippen LogP contribution in [0, 0.1) is 11.8 Å². The fourth-order valence-electron chi connectivity index (χ4n) is 2.56. The molecular weight excluding hydrogens is 453 g/mol. The Hall–Kier alpha value is -2.72. The number of carboxylic acids is 1. The van der Waals surface area contributed by atoms with Gasteiger partial charge >= 0.3 is 5.97 Å². The molecule has 0 aliphatic rings. The van der Waals surface area contributed by atoms with Gasteiger partial charge in [0.2, 0.25) is 0 Å². The number of carbonyl (C=O) groups is 2. The molecule has 0 aromatic heterocycles. The summed E-state index contributed by atoms with van der Waals surface area (Å²) in [6.07, 6.45) is 1.07. The molecule has 0 spiro atoms. The van der Waals surface area contributed by atoms with E-state index in [-0.39, 0.29) is 28.1 Å². The Bertz CT molecular complexity index is 962. The third-order valence-corrected chi connectivity index (χ3v) is 5.15. The molecule has 0 bridgehead atoms. The Kier molecular flexibility index (Phi) is 10.4. The summed E-state index contributed by atoms with van der Waals surface area (Å²) in [6.45, 7) is 5.04. The number of amides is 1. The smallest absolute Gasteiger partial charge is 0.327 e. The molecule has 2 N–H and O–H groups in total. The van der Waals surface area contributed by atoms with Gasteiger partial charge in [-0.1, -0.05) is 48.0 Å². The Morgan fingerprint density at radius 3 is 2.34 bits per heavy atom. The maximum Gasteiger partial charge on any atom is 0.327 e. The van der Waals surface area contributed by atoms with Crippen molar-refractivity contribution in [2.24, 2.45) is 0 Å². The van der Waals surface area contributed by atoms with E-state index in [1.54, 1.807) is 30.3 Å². The quantitative estimate of drug-likeness (QED) is 0.378. The van der Waals surface area contributed by atoms with E-state index in [1.165, 1.54) is 12.1 Å². The van der Waals surface area contributed by atoms with E-state index in [0.717, 1.165) is 6.42 Å². The van der Waals surface area contributed by atoms with Gasteiger partial charge in [-0.25, -0.2) is 4.79 Å². The molecule has 2 atom stereocenters. The first kappa shape index (κ1) is 25.5. The number of nitrogens with one attached hydrogen (secondary N) is 1. The summed E-state index contributed by atoms with van der Waals surface area (Å²) in [7, 11) is 0. The molecule has 0 radical (unpaired) electrons. The largest absolute Gasteiger partial charge is 0.491 e. The maximum atomic E-state index is 12.4. The molecule has 1 amide bonds. The SMILES string of the molecule is CCC(C)OCCOc1ccc(C#CCC(NC(=O)c2c(Cl)cccc2Cl)C(=O)O)cc1. The predicted octanol–water partition coefficient (Wildman–Crippen LogP) is 4.81. The Labute approximate surface area is 197 Å². The summed E-state index contributed by atoms with van der Waals surface area (Å²) >= 11 is 12.0. The van der Waals surface area contributed by atoms with Crippen molar-refractivity contribution < 1.29 is 24.2 Å². The van der Waals surface area contributed by atoms with Crippen LogP contribution in [0.25, 0.3) is 0 Å². The average Bonchev–Trinajstić information content (AvgIpc) is 2.76. The molecular formula is C24H25Cl2NO5. The Morgan fingerprint density at radius 2 is 1.75 bits per heavy atom. The fraction of sp³-hybridized carbons (Fsp3) is 0.333. The summed E-state index contributed by atoms with van der Waals surface area (Å²) in [5.74, 6) is 4.48. The van der Waals surface area contributed by atoms with E-state index < -0.39 is 17.9 Å². The van der Waals surface area contributed by atoms with Crippen LogP contribution in [0.2, 0.25) is 10.0 Å². The molecule has 0 aliphatic carbocycles. The van der Waals surface area contributed by atoms with Crippen LogP contribution in [0.5, 0.6) is 5.75 Å². The molecule has 0 saturated heterocycles. The van der Waals surface area contributed by atoms with Crippen molar-refractivity contribution in [1.82, 2.24) is 5.32 Å². The number of hydrogen-bond acceptors (Lipinski definition) is 4. The summed E-state index contributed by atoms with van der Waals surface area (Å²) in [5.41, 5.74) is 0.720. The minimum atomic E-state index is -1.21. The molecule has 2 aromatic carbocycles. The fourth-order valence-corrected chi connectivity index (χ4v) is 3.13.